The molecule has 0 aliphatic rings. The van der Waals surface area contributed by atoms with E-state index in [-0.39, 0.29) is 18.3 Å². The number of carbonyl (C=O) groups is 1. The molecule has 0 spiro atoms. The molecule has 4 rings (SSSR count). The van der Waals surface area contributed by atoms with Gasteiger partial charge in [0, 0.05) is 29.2 Å². The smallest absolute Gasteiger partial charge is 0.251 e. The van der Waals surface area contributed by atoms with Crippen LogP contribution < -0.4 is 10.1 Å². The molecule has 200 valence electrons. The molecule has 38 heavy (non-hydrogen) atoms. The molecular formula is C32H37FN2O3. The second kappa shape index (κ2) is 13.2. The molecule has 4 aromatic rings. The third kappa shape index (κ3) is 6.62. The number of amides is 1. The number of para-hydroxylation sites is 1. The van der Waals surface area contributed by atoms with Gasteiger partial charge in [0.25, 0.3) is 5.91 Å². The summed E-state index contributed by atoms with van der Waals surface area (Å²) in [6.45, 7) is 3.01. The molecule has 5 nitrogen and oxygen atoms in total. The Morgan fingerprint density at radius 3 is 2.55 bits per heavy atom. The first kappa shape index (κ1) is 27.4. The molecule has 0 aliphatic carbocycles. The van der Waals surface area contributed by atoms with Crippen molar-refractivity contribution in [3.63, 3.8) is 0 Å². The summed E-state index contributed by atoms with van der Waals surface area (Å²) in [4.78, 5) is 13.1. The molecule has 0 saturated carbocycles. The van der Waals surface area contributed by atoms with E-state index in [1.165, 1.54) is 44.4 Å². The van der Waals surface area contributed by atoms with Gasteiger partial charge in [-0.3, -0.25) is 4.79 Å². The molecule has 1 atom stereocenters. The third-order valence-electron chi connectivity index (χ3n) is 7.01. The fourth-order valence-corrected chi connectivity index (χ4v) is 4.94. The number of ether oxygens (including phenoxy) is 1. The van der Waals surface area contributed by atoms with Crippen molar-refractivity contribution in [1.29, 1.82) is 0 Å². The second-order valence-corrected chi connectivity index (χ2v) is 9.77. The lowest BCUT2D eigenvalue weighted by Crippen LogP contribution is -2.39. The maximum absolute atomic E-state index is 14.2. The Morgan fingerprint density at radius 1 is 1.00 bits per heavy atom. The van der Waals surface area contributed by atoms with Gasteiger partial charge in [0.1, 0.15) is 0 Å². The summed E-state index contributed by atoms with van der Waals surface area (Å²) in [6.07, 6.45) is 8.80. The highest BCUT2D eigenvalue weighted by Gasteiger charge is 2.18. The highest BCUT2D eigenvalue weighted by Crippen LogP contribution is 2.27. The predicted octanol–water partition coefficient (Wildman–Crippen LogP) is 6.76. The van der Waals surface area contributed by atoms with E-state index < -0.39 is 11.9 Å². The van der Waals surface area contributed by atoms with Gasteiger partial charge in [0.15, 0.2) is 11.6 Å². The molecule has 0 radical (unpaired) electrons. The number of hydrogen-bond donors (Lipinski definition) is 2. The summed E-state index contributed by atoms with van der Waals surface area (Å²) in [5.41, 5.74) is 4.11. The van der Waals surface area contributed by atoms with Gasteiger partial charge in [-0.25, -0.2) is 4.39 Å². The summed E-state index contributed by atoms with van der Waals surface area (Å²) in [6, 6.07) is 19.6. The Hall–Kier alpha value is -3.64. The lowest BCUT2D eigenvalue weighted by molar-refractivity contribution is 0.0916. The van der Waals surface area contributed by atoms with Crippen LogP contribution in [0, 0.1) is 5.82 Å². The maximum atomic E-state index is 14.2. The van der Waals surface area contributed by atoms with Crippen LogP contribution in [0.3, 0.4) is 0 Å². The van der Waals surface area contributed by atoms with Gasteiger partial charge < -0.3 is 19.7 Å². The average Bonchev–Trinajstić information content (AvgIpc) is 3.29. The van der Waals surface area contributed by atoms with E-state index >= 15 is 0 Å². The molecule has 0 unspecified atom stereocenters. The Labute approximate surface area is 224 Å². The van der Waals surface area contributed by atoms with Crippen LogP contribution in [0.2, 0.25) is 0 Å². The number of nitrogens with zero attached hydrogens (tertiary/aromatic N) is 1. The van der Waals surface area contributed by atoms with Crippen molar-refractivity contribution in [3.05, 3.63) is 89.9 Å². The third-order valence-corrected chi connectivity index (χ3v) is 7.01. The first-order valence-electron chi connectivity index (χ1n) is 13.5. The molecule has 0 fully saturated rings. The van der Waals surface area contributed by atoms with Crippen LogP contribution in [0.5, 0.6) is 5.75 Å². The van der Waals surface area contributed by atoms with E-state index in [2.05, 4.69) is 35.1 Å². The number of methoxy groups -OCH3 is 1. The first-order valence-corrected chi connectivity index (χ1v) is 13.5. The van der Waals surface area contributed by atoms with E-state index in [4.69, 9.17) is 4.74 Å². The minimum atomic E-state index is -0.458. The molecule has 0 aliphatic heterocycles. The monoisotopic (exact) mass is 516 g/mol. The van der Waals surface area contributed by atoms with Gasteiger partial charge in [-0.2, -0.15) is 0 Å². The van der Waals surface area contributed by atoms with E-state index in [1.54, 1.807) is 30.3 Å². The zero-order valence-corrected chi connectivity index (χ0v) is 22.3. The van der Waals surface area contributed by atoms with Gasteiger partial charge in [-0.15, -0.1) is 0 Å². The summed E-state index contributed by atoms with van der Waals surface area (Å²) < 4.78 is 21.5. The van der Waals surface area contributed by atoms with Gasteiger partial charge in [0.2, 0.25) is 0 Å². The Balaban J connectivity index is 1.47. The molecule has 0 bridgehead atoms. The lowest BCUT2D eigenvalue weighted by atomic mass is 10.0. The standard InChI is InChI=1S/C32H37FN2O3/c1-3-4-5-6-9-17-35-21-26(28-13-7-8-14-30(28)35)19-27(22-36)34-32(37)25-12-10-11-23(18-25)24-15-16-31(38-2)29(33)20-24/h7-8,10-16,18,20-21,27,36H,3-6,9,17,19,22H2,1-2H3,(H,34,37)/t27-/m1/s1. The number of aliphatic hydroxyl groups excluding tert-OH is 1. The number of rotatable bonds is 13. The zero-order chi connectivity index (χ0) is 26.9. The molecule has 3 aromatic carbocycles. The van der Waals surface area contributed by atoms with Gasteiger partial charge in [0.05, 0.1) is 19.8 Å². The van der Waals surface area contributed by atoms with Crippen LogP contribution in [0.15, 0.2) is 72.9 Å². The second-order valence-electron chi connectivity index (χ2n) is 9.77. The Bertz CT molecular complexity index is 1360. The van der Waals surface area contributed by atoms with Crippen molar-refractivity contribution < 1.29 is 19.0 Å². The largest absolute Gasteiger partial charge is 0.494 e. The van der Waals surface area contributed by atoms with Crippen molar-refractivity contribution >= 4 is 16.8 Å². The van der Waals surface area contributed by atoms with Crippen LogP contribution in [-0.4, -0.2) is 35.3 Å². The molecule has 1 aromatic heterocycles. The van der Waals surface area contributed by atoms with E-state index in [1.807, 2.05) is 18.2 Å². The molecule has 1 amide bonds. The van der Waals surface area contributed by atoms with E-state index in [9.17, 15) is 14.3 Å². The molecule has 0 saturated heterocycles. The summed E-state index contributed by atoms with van der Waals surface area (Å²) in [7, 11) is 1.42. The van der Waals surface area contributed by atoms with Gasteiger partial charge >= 0.3 is 0 Å². The van der Waals surface area contributed by atoms with Crippen molar-refractivity contribution in [3.8, 4) is 16.9 Å². The minimum absolute atomic E-state index is 0.172. The number of unbranched alkanes of at least 4 members (excludes halogenated alkanes) is 4. The summed E-state index contributed by atoms with van der Waals surface area (Å²) in [5, 5.41) is 14.3. The zero-order valence-electron chi connectivity index (χ0n) is 22.3. The quantitative estimate of drug-likeness (QED) is 0.193. The SMILES string of the molecule is CCCCCCCn1cc(C[C@H](CO)NC(=O)c2cccc(-c3ccc(OC)c(F)c3)c2)c2ccccc21. The van der Waals surface area contributed by atoms with Crippen molar-refractivity contribution in [2.75, 3.05) is 13.7 Å². The van der Waals surface area contributed by atoms with Gasteiger partial charge in [-0.05, 0) is 59.9 Å². The number of benzene rings is 3. The van der Waals surface area contributed by atoms with Crippen LogP contribution >= 0.6 is 0 Å². The van der Waals surface area contributed by atoms with E-state index in [0.29, 0.717) is 17.5 Å². The number of nitrogens with one attached hydrogen (secondary N) is 1. The van der Waals surface area contributed by atoms with Crippen LogP contribution in [0.25, 0.3) is 22.0 Å². The molecular weight excluding hydrogens is 479 g/mol. The van der Waals surface area contributed by atoms with Crippen molar-refractivity contribution in [1.82, 2.24) is 9.88 Å². The summed E-state index contributed by atoms with van der Waals surface area (Å²) in [5.74, 6) is -0.564. The van der Waals surface area contributed by atoms with Crippen molar-refractivity contribution in [2.24, 2.45) is 0 Å². The number of aryl methyl sites for hydroxylation is 1. The fraction of sp³-hybridized carbons (Fsp3) is 0.344. The first-order chi connectivity index (χ1) is 18.5. The topological polar surface area (TPSA) is 63.5 Å². The summed E-state index contributed by atoms with van der Waals surface area (Å²) >= 11 is 0. The molecule has 6 heteroatoms. The minimum Gasteiger partial charge on any atom is -0.494 e. The Morgan fingerprint density at radius 2 is 1.79 bits per heavy atom. The van der Waals surface area contributed by atoms with Crippen LogP contribution in [-0.2, 0) is 13.0 Å². The number of carbonyl (C=O) groups excluding carboxylic acids is 1. The van der Waals surface area contributed by atoms with Crippen LogP contribution in [0.1, 0.15) is 54.9 Å². The fourth-order valence-electron chi connectivity index (χ4n) is 4.94. The highest BCUT2D eigenvalue weighted by atomic mass is 19.1. The van der Waals surface area contributed by atoms with Crippen molar-refractivity contribution in [2.45, 2.75) is 58.0 Å². The van der Waals surface area contributed by atoms with Crippen LogP contribution in [0.4, 0.5) is 4.39 Å². The predicted molar refractivity (Wildman–Crippen MR) is 151 cm³/mol. The van der Waals surface area contributed by atoms with E-state index in [0.717, 1.165) is 29.5 Å². The number of aliphatic hydroxyl groups is 1. The molecule has 1 heterocycles. The number of fused-ring (bicyclic) bond motifs is 1. The normalized spacial score (nSPS) is 12.0. The number of halogens is 1. The number of hydrogen-bond acceptors (Lipinski definition) is 3. The Kier molecular flexibility index (Phi) is 9.55. The van der Waals surface area contributed by atoms with Gasteiger partial charge in [-0.1, -0.05) is 69.0 Å². The highest BCUT2D eigenvalue weighted by molar-refractivity contribution is 5.95. The molecule has 2 N–H and O–H groups in total. The number of aromatic nitrogens is 1. The lowest BCUT2D eigenvalue weighted by Gasteiger charge is -2.16. The maximum Gasteiger partial charge on any atom is 0.251 e. The average molecular weight is 517 g/mol.